The second kappa shape index (κ2) is 6.67. The van der Waals surface area contributed by atoms with E-state index in [1.165, 1.54) is 0 Å². The number of anilines is 3. The number of nitrogens with zero attached hydrogens (tertiary/aromatic N) is 2. The average molecular weight is 328 g/mol. The maximum absolute atomic E-state index is 4.19. The van der Waals surface area contributed by atoms with Gasteiger partial charge in [0.15, 0.2) is 0 Å². The maximum atomic E-state index is 4.19. The summed E-state index contributed by atoms with van der Waals surface area (Å²) in [4.78, 5) is 8.35. The minimum Gasteiger partial charge on any atom is -0.369 e. The minimum atomic E-state index is 0.784. The lowest BCUT2D eigenvalue weighted by Crippen LogP contribution is -2.18. The van der Waals surface area contributed by atoms with Crippen molar-refractivity contribution in [3.63, 3.8) is 0 Å². The summed E-state index contributed by atoms with van der Waals surface area (Å²) < 4.78 is 1.07. The predicted molar refractivity (Wildman–Crippen MR) is 79.8 cm³/mol. The molecular weight excluding hydrogens is 314 g/mol. The number of likely N-dealkylation sites (N-methyl/N-ethyl adjacent to an activating group) is 1. The third-order valence-corrected chi connectivity index (χ3v) is 3.77. The van der Waals surface area contributed by atoms with Gasteiger partial charge in [-0.05, 0) is 29.0 Å². The topological polar surface area (TPSA) is 61.9 Å². The average Bonchev–Trinajstić information content (AvgIpc) is 2.76. The Kier molecular flexibility index (Phi) is 4.91. The smallest absolute Gasteiger partial charge is 0.136 e. The van der Waals surface area contributed by atoms with Gasteiger partial charge < -0.3 is 16.0 Å². The van der Waals surface area contributed by atoms with E-state index in [0.29, 0.717) is 0 Å². The predicted octanol–water partition coefficient (Wildman–Crippen LogP) is 2.68. The molecule has 0 aliphatic carbocycles. The lowest BCUT2D eigenvalue weighted by atomic mass is 10.5. The van der Waals surface area contributed by atoms with Gasteiger partial charge >= 0.3 is 0 Å². The van der Waals surface area contributed by atoms with Crippen LogP contribution in [-0.4, -0.2) is 30.1 Å². The number of aromatic nitrogens is 2. The molecule has 0 aliphatic rings. The van der Waals surface area contributed by atoms with Crippen LogP contribution in [0.2, 0.25) is 0 Å². The molecule has 0 aliphatic heterocycles. The Labute approximate surface area is 118 Å². The van der Waals surface area contributed by atoms with Crippen LogP contribution in [0.5, 0.6) is 0 Å². The lowest BCUT2D eigenvalue weighted by molar-refractivity contribution is 0.821. The fraction of sp³-hybridized carbons (Fsp3) is 0.273. The molecule has 7 heteroatoms. The van der Waals surface area contributed by atoms with Crippen LogP contribution in [0, 0.1) is 0 Å². The highest BCUT2D eigenvalue weighted by atomic mass is 79.9. The summed E-state index contributed by atoms with van der Waals surface area (Å²) in [7, 11) is 1.92. The number of rotatable bonds is 6. The molecule has 18 heavy (non-hydrogen) atoms. The van der Waals surface area contributed by atoms with Crippen LogP contribution in [0.1, 0.15) is 0 Å². The van der Waals surface area contributed by atoms with E-state index in [1.807, 2.05) is 24.6 Å². The Morgan fingerprint density at radius 3 is 2.78 bits per heavy atom. The van der Waals surface area contributed by atoms with Crippen LogP contribution in [0.25, 0.3) is 0 Å². The van der Waals surface area contributed by atoms with E-state index < -0.39 is 0 Å². The van der Waals surface area contributed by atoms with Crippen molar-refractivity contribution in [2.24, 2.45) is 0 Å². The van der Waals surface area contributed by atoms with Gasteiger partial charge in [-0.3, -0.25) is 0 Å². The van der Waals surface area contributed by atoms with Crippen LogP contribution in [0.3, 0.4) is 0 Å². The SMILES string of the molecule is CNCCNc1cc(Nc2cc(Br)cs2)ncn1. The van der Waals surface area contributed by atoms with Gasteiger partial charge in [-0.15, -0.1) is 11.3 Å². The van der Waals surface area contributed by atoms with Gasteiger partial charge in [0, 0.05) is 29.0 Å². The fourth-order valence-corrected chi connectivity index (χ4v) is 2.67. The summed E-state index contributed by atoms with van der Waals surface area (Å²) in [6.45, 7) is 1.72. The van der Waals surface area contributed by atoms with Crippen molar-refractivity contribution in [2.45, 2.75) is 0 Å². The van der Waals surface area contributed by atoms with Crippen molar-refractivity contribution in [1.82, 2.24) is 15.3 Å². The van der Waals surface area contributed by atoms with E-state index in [9.17, 15) is 0 Å². The molecule has 0 fully saturated rings. The number of hydrogen-bond acceptors (Lipinski definition) is 6. The first kappa shape index (κ1) is 13.3. The van der Waals surface area contributed by atoms with E-state index in [0.717, 1.165) is 34.2 Å². The Balaban J connectivity index is 1.98. The molecular formula is C11H14BrN5S. The molecule has 2 heterocycles. The molecule has 0 saturated heterocycles. The van der Waals surface area contributed by atoms with Crippen LogP contribution in [0.4, 0.5) is 16.6 Å². The third kappa shape index (κ3) is 3.94. The first-order valence-electron chi connectivity index (χ1n) is 5.49. The van der Waals surface area contributed by atoms with E-state index >= 15 is 0 Å². The number of halogens is 1. The van der Waals surface area contributed by atoms with Gasteiger partial charge in [0.05, 0.1) is 5.00 Å². The highest BCUT2D eigenvalue weighted by Crippen LogP contribution is 2.27. The molecule has 0 aromatic carbocycles. The first-order chi connectivity index (χ1) is 8.78. The van der Waals surface area contributed by atoms with Crippen molar-refractivity contribution in [3.05, 3.63) is 28.3 Å². The minimum absolute atomic E-state index is 0.784. The quantitative estimate of drug-likeness (QED) is 0.712. The lowest BCUT2D eigenvalue weighted by Gasteiger charge is -2.07. The Morgan fingerprint density at radius 1 is 1.22 bits per heavy atom. The molecule has 2 aromatic heterocycles. The zero-order valence-corrected chi connectivity index (χ0v) is 12.3. The number of thiophene rings is 1. The molecule has 5 nitrogen and oxygen atoms in total. The standard InChI is InChI=1S/C11H14BrN5S/c1-13-2-3-14-9-5-10(16-7-15-9)17-11-4-8(12)6-18-11/h4-7,13H,2-3H2,1H3,(H2,14,15,16,17). The van der Waals surface area contributed by atoms with E-state index in [1.54, 1.807) is 17.7 Å². The number of nitrogens with one attached hydrogen (secondary N) is 3. The summed E-state index contributed by atoms with van der Waals surface area (Å²) in [5, 5.41) is 12.6. The zero-order chi connectivity index (χ0) is 12.8. The van der Waals surface area contributed by atoms with Gasteiger partial charge in [-0.2, -0.15) is 0 Å². The molecule has 2 aromatic rings. The molecule has 96 valence electrons. The fourth-order valence-electron chi connectivity index (χ4n) is 1.34. The zero-order valence-electron chi connectivity index (χ0n) is 9.90. The van der Waals surface area contributed by atoms with E-state index in [-0.39, 0.29) is 0 Å². The highest BCUT2D eigenvalue weighted by Gasteiger charge is 2.01. The highest BCUT2D eigenvalue weighted by molar-refractivity contribution is 9.10. The molecule has 0 radical (unpaired) electrons. The maximum Gasteiger partial charge on any atom is 0.136 e. The van der Waals surface area contributed by atoms with Crippen LogP contribution in [0.15, 0.2) is 28.3 Å². The molecule has 0 saturated carbocycles. The van der Waals surface area contributed by atoms with Crippen LogP contribution in [-0.2, 0) is 0 Å². The molecule has 0 spiro atoms. The summed E-state index contributed by atoms with van der Waals surface area (Å²) >= 11 is 5.04. The van der Waals surface area contributed by atoms with Gasteiger partial charge in [0.2, 0.25) is 0 Å². The van der Waals surface area contributed by atoms with Crippen molar-refractivity contribution < 1.29 is 0 Å². The Bertz CT molecular complexity index is 502. The van der Waals surface area contributed by atoms with Gasteiger partial charge in [-0.25, -0.2) is 9.97 Å². The molecule has 2 rings (SSSR count). The monoisotopic (exact) mass is 327 g/mol. The van der Waals surface area contributed by atoms with Gasteiger partial charge in [0.1, 0.15) is 18.0 Å². The number of hydrogen-bond donors (Lipinski definition) is 3. The van der Waals surface area contributed by atoms with Gasteiger partial charge in [0.25, 0.3) is 0 Å². The Morgan fingerprint density at radius 2 is 2.06 bits per heavy atom. The van der Waals surface area contributed by atoms with Crippen LogP contribution < -0.4 is 16.0 Å². The Hall–Kier alpha value is -1.18. The molecule has 0 bridgehead atoms. The molecule has 0 amide bonds. The van der Waals surface area contributed by atoms with E-state index in [2.05, 4.69) is 41.8 Å². The summed E-state index contributed by atoms with van der Waals surface area (Å²) in [5.41, 5.74) is 0. The third-order valence-electron chi connectivity index (χ3n) is 2.17. The van der Waals surface area contributed by atoms with Crippen molar-refractivity contribution in [1.29, 1.82) is 0 Å². The summed E-state index contributed by atoms with van der Waals surface area (Å²) in [6, 6.07) is 3.91. The van der Waals surface area contributed by atoms with Crippen LogP contribution >= 0.6 is 27.3 Å². The largest absolute Gasteiger partial charge is 0.369 e. The second-order valence-electron chi connectivity index (χ2n) is 3.57. The van der Waals surface area contributed by atoms with Crippen molar-refractivity contribution in [2.75, 3.05) is 30.8 Å². The second-order valence-corrected chi connectivity index (χ2v) is 5.40. The summed E-state index contributed by atoms with van der Waals surface area (Å²) in [6.07, 6.45) is 1.55. The molecule has 3 N–H and O–H groups in total. The molecule has 0 unspecified atom stereocenters. The first-order valence-corrected chi connectivity index (χ1v) is 7.17. The molecule has 0 atom stereocenters. The normalized spacial score (nSPS) is 10.3. The van der Waals surface area contributed by atoms with Crippen molar-refractivity contribution in [3.8, 4) is 0 Å². The van der Waals surface area contributed by atoms with Crippen molar-refractivity contribution >= 4 is 43.9 Å². The summed E-state index contributed by atoms with van der Waals surface area (Å²) in [5.74, 6) is 1.60. The van der Waals surface area contributed by atoms with Gasteiger partial charge in [-0.1, -0.05) is 0 Å². The van der Waals surface area contributed by atoms with E-state index in [4.69, 9.17) is 0 Å².